The lowest BCUT2D eigenvalue weighted by Gasteiger charge is -2.11. The molecule has 3 rings (SSSR count). The van der Waals surface area contributed by atoms with Crippen LogP contribution in [0.15, 0.2) is 65.1 Å². The molecule has 1 heterocycles. The molecule has 0 fully saturated rings. The Morgan fingerprint density at radius 1 is 1.08 bits per heavy atom. The highest BCUT2D eigenvalue weighted by Crippen LogP contribution is 2.23. The van der Waals surface area contributed by atoms with Gasteiger partial charge in [0.1, 0.15) is 18.1 Å². The summed E-state index contributed by atoms with van der Waals surface area (Å²) in [6, 6.07) is 18.3. The van der Waals surface area contributed by atoms with E-state index >= 15 is 0 Å². The van der Waals surface area contributed by atoms with Gasteiger partial charge in [-0.25, -0.2) is 0 Å². The summed E-state index contributed by atoms with van der Waals surface area (Å²) in [6.45, 7) is 1.75. The van der Waals surface area contributed by atoms with Gasteiger partial charge in [0.15, 0.2) is 5.11 Å². The molecule has 5 nitrogen and oxygen atoms in total. The van der Waals surface area contributed by atoms with Gasteiger partial charge in [-0.2, -0.15) is 0 Å². The molecule has 0 saturated heterocycles. The molecule has 0 aliphatic heterocycles. The normalized spacial score (nSPS) is 10.4. The molecule has 0 bridgehead atoms. The fourth-order valence-electron chi connectivity index (χ4n) is 2.50. The maximum atomic E-state index is 12.3. The number of amides is 1. The zero-order valence-corrected chi connectivity index (χ0v) is 15.0. The number of hydrogen-bond acceptors (Lipinski definition) is 4. The Morgan fingerprint density at radius 3 is 2.46 bits per heavy atom. The number of nitrogens with one attached hydrogen (secondary N) is 2. The molecule has 26 heavy (non-hydrogen) atoms. The van der Waals surface area contributed by atoms with Crippen LogP contribution >= 0.6 is 12.2 Å². The number of anilines is 1. The number of thiocarbonyl (C=S) groups is 1. The maximum absolute atomic E-state index is 12.3. The zero-order chi connectivity index (χ0) is 18.5. The first-order valence-corrected chi connectivity index (χ1v) is 8.45. The molecular weight excluding hydrogens is 348 g/mol. The van der Waals surface area contributed by atoms with Crippen LogP contribution in [-0.2, 0) is 6.61 Å². The van der Waals surface area contributed by atoms with E-state index < -0.39 is 0 Å². The number of aliphatic hydroxyl groups excluding tert-OH is 1. The number of rotatable bonds is 4. The summed E-state index contributed by atoms with van der Waals surface area (Å²) in [6.07, 6.45) is 0. The van der Waals surface area contributed by atoms with Gasteiger partial charge in [-0.3, -0.25) is 10.1 Å². The average molecular weight is 366 g/mol. The molecule has 1 amide bonds. The highest BCUT2D eigenvalue weighted by atomic mass is 32.1. The van der Waals surface area contributed by atoms with Crippen molar-refractivity contribution in [2.75, 3.05) is 5.32 Å². The molecule has 0 aliphatic rings. The summed E-state index contributed by atoms with van der Waals surface area (Å²) in [5, 5.41) is 15.0. The van der Waals surface area contributed by atoms with Crippen LogP contribution in [0, 0.1) is 6.92 Å². The van der Waals surface area contributed by atoms with E-state index in [9.17, 15) is 4.79 Å². The minimum Gasteiger partial charge on any atom is -0.459 e. The molecule has 132 valence electrons. The SMILES string of the molecule is Cc1ccccc1C(=O)NC(=S)Nc1ccc(-c2ccc(CO)o2)cc1. The zero-order valence-electron chi connectivity index (χ0n) is 14.2. The van der Waals surface area contributed by atoms with Crippen LogP contribution in [0.3, 0.4) is 0 Å². The summed E-state index contributed by atoms with van der Waals surface area (Å²) in [4.78, 5) is 12.3. The van der Waals surface area contributed by atoms with E-state index in [1.54, 1.807) is 18.2 Å². The molecule has 3 N–H and O–H groups in total. The Bertz CT molecular complexity index is 932. The molecule has 0 radical (unpaired) electrons. The fraction of sp³-hybridized carbons (Fsp3) is 0.100. The van der Waals surface area contributed by atoms with Gasteiger partial charge < -0.3 is 14.8 Å². The Balaban J connectivity index is 1.62. The van der Waals surface area contributed by atoms with Crippen molar-refractivity contribution in [3.05, 3.63) is 77.6 Å². The quantitative estimate of drug-likeness (QED) is 0.611. The smallest absolute Gasteiger partial charge is 0.257 e. The summed E-state index contributed by atoms with van der Waals surface area (Å²) in [5.41, 5.74) is 3.10. The van der Waals surface area contributed by atoms with Crippen molar-refractivity contribution >= 4 is 28.9 Å². The lowest BCUT2D eigenvalue weighted by atomic mass is 10.1. The summed E-state index contributed by atoms with van der Waals surface area (Å²) >= 11 is 5.21. The van der Waals surface area contributed by atoms with Crippen LogP contribution in [0.5, 0.6) is 0 Å². The van der Waals surface area contributed by atoms with Crippen LogP contribution in [0.25, 0.3) is 11.3 Å². The fourth-order valence-corrected chi connectivity index (χ4v) is 2.71. The van der Waals surface area contributed by atoms with E-state index in [4.69, 9.17) is 21.7 Å². The Hall–Kier alpha value is -2.96. The molecule has 0 atom stereocenters. The summed E-state index contributed by atoms with van der Waals surface area (Å²) < 4.78 is 5.50. The molecule has 0 spiro atoms. The van der Waals surface area contributed by atoms with Crippen molar-refractivity contribution in [3.63, 3.8) is 0 Å². The number of aliphatic hydroxyl groups is 1. The molecule has 6 heteroatoms. The van der Waals surface area contributed by atoms with Crippen molar-refractivity contribution in [1.82, 2.24) is 5.32 Å². The lowest BCUT2D eigenvalue weighted by molar-refractivity contribution is 0.0977. The number of aryl methyl sites for hydroxylation is 1. The monoisotopic (exact) mass is 366 g/mol. The van der Waals surface area contributed by atoms with Gasteiger partial charge in [0.05, 0.1) is 0 Å². The molecule has 0 unspecified atom stereocenters. The van der Waals surface area contributed by atoms with E-state index in [2.05, 4.69) is 10.6 Å². The van der Waals surface area contributed by atoms with Gasteiger partial charge in [-0.05, 0) is 67.2 Å². The van der Waals surface area contributed by atoms with Crippen molar-refractivity contribution in [2.45, 2.75) is 13.5 Å². The second-order valence-electron chi connectivity index (χ2n) is 5.72. The van der Waals surface area contributed by atoms with Crippen molar-refractivity contribution < 1.29 is 14.3 Å². The van der Waals surface area contributed by atoms with E-state index in [-0.39, 0.29) is 17.6 Å². The molecule has 1 aromatic heterocycles. The number of hydrogen-bond donors (Lipinski definition) is 3. The first-order valence-electron chi connectivity index (χ1n) is 8.05. The number of carbonyl (C=O) groups excluding carboxylic acids is 1. The molecule has 3 aromatic rings. The second-order valence-corrected chi connectivity index (χ2v) is 6.13. The third kappa shape index (κ3) is 4.17. The maximum Gasteiger partial charge on any atom is 0.257 e. The van der Waals surface area contributed by atoms with E-state index in [0.717, 1.165) is 16.8 Å². The third-order valence-corrected chi connectivity index (χ3v) is 4.07. The number of carbonyl (C=O) groups is 1. The number of benzene rings is 2. The predicted octanol–water partition coefficient (Wildman–Crippen LogP) is 3.87. The first kappa shape index (κ1) is 17.8. The highest BCUT2D eigenvalue weighted by molar-refractivity contribution is 7.80. The predicted molar refractivity (Wildman–Crippen MR) is 105 cm³/mol. The van der Waals surface area contributed by atoms with Gasteiger partial charge in [0.2, 0.25) is 0 Å². The van der Waals surface area contributed by atoms with Crippen molar-refractivity contribution in [2.24, 2.45) is 0 Å². The summed E-state index contributed by atoms with van der Waals surface area (Å²) in [5.74, 6) is 0.947. The van der Waals surface area contributed by atoms with Crippen LogP contribution in [-0.4, -0.2) is 16.1 Å². The Labute approximate surface area is 156 Å². The van der Waals surface area contributed by atoms with Crippen LogP contribution in [0.4, 0.5) is 5.69 Å². The molecular formula is C20H18N2O3S. The van der Waals surface area contributed by atoms with Gasteiger partial charge in [0, 0.05) is 16.8 Å². The summed E-state index contributed by atoms with van der Waals surface area (Å²) in [7, 11) is 0. The van der Waals surface area contributed by atoms with Crippen molar-refractivity contribution in [1.29, 1.82) is 0 Å². The highest BCUT2D eigenvalue weighted by Gasteiger charge is 2.10. The van der Waals surface area contributed by atoms with Crippen molar-refractivity contribution in [3.8, 4) is 11.3 Å². The number of furan rings is 1. The average Bonchev–Trinajstić information content (AvgIpc) is 3.11. The van der Waals surface area contributed by atoms with Crippen LogP contribution in [0.1, 0.15) is 21.7 Å². The van der Waals surface area contributed by atoms with Gasteiger partial charge in [0.25, 0.3) is 5.91 Å². The first-order chi connectivity index (χ1) is 12.6. The van der Waals surface area contributed by atoms with Gasteiger partial charge in [-0.15, -0.1) is 0 Å². The topological polar surface area (TPSA) is 74.5 Å². The van der Waals surface area contributed by atoms with E-state index in [1.807, 2.05) is 49.4 Å². The Kier molecular flexibility index (Phi) is 5.46. The molecule has 2 aromatic carbocycles. The van der Waals surface area contributed by atoms with E-state index in [1.165, 1.54) is 0 Å². The minimum absolute atomic E-state index is 0.130. The molecule has 0 aliphatic carbocycles. The standard InChI is InChI=1S/C20H18N2O3S/c1-13-4-2-3-5-17(13)19(24)22-20(26)21-15-8-6-14(7-9-15)18-11-10-16(12-23)25-18/h2-11,23H,12H2,1H3,(H2,21,22,24,26). The minimum atomic E-state index is -0.246. The van der Waals surface area contributed by atoms with Gasteiger partial charge in [-0.1, -0.05) is 18.2 Å². The lowest BCUT2D eigenvalue weighted by Crippen LogP contribution is -2.34. The van der Waals surface area contributed by atoms with Gasteiger partial charge >= 0.3 is 0 Å². The molecule has 0 saturated carbocycles. The third-order valence-electron chi connectivity index (χ3n) is 3.86. The Morgan fingerprint density at radius 2 is 1.81 bits per heavy atom. The van der Waals surface area contributed by atoms with Crippen LogP contribution in [0.2, 0.25) is 0 Å². The van der Waals surface area contributed by atoms with Crippen LogP contribution < -0.4 is 10.6 Å². The van der Waals surface area contributed by atoms with E-state index in [0.29, 0.717) is 17.1 Å². The largest absolute Gasteiger partial charge is 0.459 e. The second kappa shape index (κ2) is 7.95.